The lowest BCUT2D eigenvalue weighted by molar-refractivity contribution is 0.0635. The number of amides is 1. The number of carbonyl (C=O) groups is 1. The highest BCUT2D eigenvalue weighted by molar-refractivity contribution is 5.94. The molecule has 1 atom stereocenters. The number of benzene rings is 1. The first-order valence-electron chi connectivity index (χ1n) is 7.59. The number of piperidine rings is 1. The average Bonchev–Trinajstić information content (AvgIpc) is 2.56. The summed E-state index contributed by atoms with van der Waals surface area (Å²) < 4.78 is 5.58. The average molecular weight is 297 g/mol. The molecule has 114 valence electrons. The molecule has 5 nitrogen and oxygen atoms in total. The molecule has 0 saturated carbocycles. The lowest BCUT2D eigenvalue weighted by atomic mass is 10.0. The molecule has 0 aliphatic carbocycles. The maximum Gasteiger partial charge on any atom is 0.254 e. The van der Waals surface area contributed by atoms with Crippen LogP contribution in [0.25, 0.3) is 0 Å². The van der Waals surface area contributed by atoms with E-state index in [0.29, 0.717) is 23.2 Å². The molecule has 3 rings (SSSR count). The van der Waals surface area contributed by atoms with Crippen LogP contribution in [0.1, 0.15) is 36.5 Å². The maximum absolute atomic E-state index is 12.5. The van der Waals surface area contributed by atoms with Crippen LogP contribution in [0.15, 0.2) is 42.9 Å². The van der Waals surface area contributed by atoms with Gasteiger partial charge in [-0.3, -0.25) is 9.78 Å². The van der Waals surface area contributed by atoms with Crippen LogP contribution in [0.5, 0.6) is 11.6 Å². The van der Waals surface area contributed by atoms with Gasteiger partial charge in [0.25, 0.3) is 5.91 Å². The number of ether oxygens (including phenoxy) is 1. The predicted molar refractivity (Wildman–Crippen MR) is 82.9 cm³/mol. The minimum Gasteiger partial charge on any atom is -0.438 e. The van der Waals surface area contributed by atoms with Crippen LogP contribution in [0.2, 0.25) is 0 Å². The van der Waals surface area contributed by atoms with Crippen molar-refractivity contribution in [3.8, 4) is 11.6 Å². The van der Waals surface area contributed by atoms with Gasteiger partial charge in [-0.2, -0.15) is 0 Å². The van der Waals surface area contributed by atoms with E-state index < -0.39 is 0 Å². The molecule has 1 saturated heterocycles. The molecule has 0 bridgehead atoms. The van der Waals surface area contributed by atoms with E-state index in [0.717, 1.165) is 19.4 Å². The number of aromatic nitrogens is 2. The number of carbonyl (C=O) groups excluding carboxylic acids is 1. The first kappa shape index (κ1) is 14.5. The fraction of sp³-hybridized carbons (Fsp3) is 0.353. The van der Waals surface area contributed by atoms with Gasteiger partial charge in [0.05, 0.1) is 6.20 Å². The highest BCUT2D eigenvalue weighted by Crippen LogP contribution is 2.22. The number of rotatable bonds is 3. The first-order valence-corrected chi connectivity index (χ1v) is 7.59. The molecule has 0 spiro atoms. The molecule has 22 heavy (non-hydrogen) atoms. The Labute approximate surface area is 130 Å². The first-order chi connectivity index (χ1) is 10.7. The van der Waals surface area contributed by atoms with Crippen LogP contribution in [0, 0.1) is 0 Å². The summed E-state index contributed by atoms with van der Waals surface area (Å²) in [6, 6.07) is 7.49. The van der Waals surface area contributed by atoms with Crippen molar-refractivity contribution in [3.63, 3.8) is 0 Å². The number of likely N-dealkylation sites (tertiary alicyclic amines) is 1. The van der Waals surface area contributed by atoms with Gasteiger partial charge in [-0.15, -0.1) is 0 Å². The lowest BCUT2D eigenvalue weighted by Crippen LogP contribution is -2.41. The van der Waals surface area contributed by atoms with E-state index >= 15 is 0 Å². The minimum absolute atomic E-state index is 0.0956. The highest BCUT2D eigenvalue weighted by atomic mass is 16.5. The zero-order valence-electron chi connectivity index (χ0n) is 12.6. The highest BCUT2D eigenvalue weighted by Gasteiger charge is 2.24. The molecule has 1 aromatic heterocycles. The Morgan fingerprint density at radius 1 is 1.23 bits per heavy atom. The minimum atomic E-state index is 0.0956. The van der Waals surface area contributed by atoms with E-state index in [1.54, 1.807) is 42.9 Å². The summed E-state index contributed by atoms with van der Waals surface area (Å²) in [6.45, 7) is 2.96. The molecule has 1 aromatic carbocycles. The quantitative estimate of drug-likeness (QED) is 0.872. The van der Waals surface area contributed by atoms with Crippen molar-refractivity contribution < 1.29 is 9.53 Å². The fourth-order valence-electron chi connectivity index (χ4n) is 2.69. The van der Waals surface area contributed by atoms with E-state index in [1.807, 2.05) is 4.90 Å². The Morgan fingerprint density at radius 3 is 2.73 bits per heavy atom. The summed E-state index contributed by atoms with van der Waals surface area (Å²) in [7, 11) is 0. The Kier molecular flexibility index (Phi) is 4.32. The molecule has 0 N–H and O–H groups in total. The van der Waals surface area contributed by atoms with Gasteiger partial charge in [-0.25, -0.2) is 4.98 Å². The van der Waals surface area contributed by atoms with Gasteiger partial charge in [-0.1, -0.05) is 0 Å². The molecule has 0 radical (unpaired) electrons. The van der Waals surface area contributed by atoms with Crippen LogP contribution in [0.4, 0.5) is 0 Å². The van der Waals surface area contributed by atoms with E-state index in [9.17, 15) is 4.79 Å². The Morgan fingerprint density at radius 2 is 2.05 bits per heavy atom. The van der Waals surface area contributed by atoms with E-state index in [1.165, 1.54) is 6.42 Å². The van der Waals surface area contributed by atoms with Crippen molar-refractivity contribution in [2.24, 2.45) is 0 Å². The normalized spacial score (nSPS) is 18.0. The second-order valence-electron chi connectivity index (χ2n) is 5.51. The molecule has 1 aliphatic rings. The molecular weight excluding hydrogens is 278 g/mol. The van der Waals surface area contributed by atoms with Crippen molar-refractivity contribution in [1.82, 2.24) is 14.9 Å². The number of hydrogen-bond acceptors (Lipinski definition) is 4. The largest absolute Gasteiger partial charge is 0.438 e. The molecule has 1 fully saturated rings. The maximum atomic E-state index is 12.5. The molecule has 5 heteroatoms. The lowest BCUT2D eigenvalue weighted by Gasteiger charge is -2.33. The van der Waals surface area contributed by atoms with E-state index in [-0.39, 0.29) is 5.91 Å². The van der Waals surface area contributed by atoms with Gasteiger partial charge in [-0.05, 0) is 50.5 Å². The summed E-state index contributed by atoms with van der Waals surface area (Å²) in [5.74, 6) is 1.17. The molecule has 0 unspecified atom stereocenters. The smallest absolute Gasteiger partial charge is 0.254 e. The summed E-state index contributed by atoms with van der Waals surface area (Å²) in [6.07, 6.45) is 8.09. The van der Waals surface area contributed by atoms with Gasteiger partial charge in [0.2, 0.25) is 5.88 Å². The third kappa shape index (κ3) is 3.24. The van der Waals surface area contributed by atoms with Gasteiger partial charge < -0.3 is 9.64 Å². The molecule has 1 aliphatic heterocycles. The standard InChI is InChI=1S/C17H19N3O2/c1-13-4-2-3-11-20(13)17(21)14-5-7-15(8-6-14)22-16-12-18-9-10-19-16/h5-10,12-13H,2-4,11H2,1H3/t13-/m1/s1. The molecular formula is C17H19N3O2. The second kappa shape index (κ2) is 6.56. The Hall–Kier alpha value is -2.43. The Balaban J connectivity index is 1.69. The fourth-order valence-corrected chi connectivity index (χ4v) is 2.69. The van der Waals surface area contributed by atoms with Gasteiger partial charge >= 0.3 is 0 Å². The van der Waals surface area contributed by atoms with Crippen molar-refractivity contribution in [2.75, 3.05) is 6.54 Å². The summed E-state index contributed by atoms with van der Waals surface area (Å²) in [5, 5.41) is 0. The summed E-state index contributed by atoms with van der Waals surface area (Å²) in [4.78, 5) is 22.5. The van der Waals surface area contributed by atoms with Crippen molar-refractivity contribution in [1.29, 1.82) is 0 Å². The van der Waals surface area contributed by atoms with Crippen molar-refractivity contribution >= 4 is 5.91 Å². The predicted octanol–water partition coefficient (Wildman–Crippen LogP) is 3.28. The van der Waals surface area contributed by atoms with Crippen LogP contribution < -0.4 is 4.74 Å². The third-order valence-corrected chi connectivity index (χ3v) is 3.93. The SMILES string of the molecule is C[C@@H]1CCCCN1C(=O)c1ccc(Oc2cnccn2)cc1. The second-order valence-corrected chi connectivity index (χ2v) is 5.51. The van der Waals surface area contributed by atoms with Crippen LogP contribution in [-0.4, -0.2) is 33.4 Å². The van der Waals surface area contributed by atoms with Crippen LogP contribution >= 0.6 is 0 Å². The summed E-state index contributed by atoms with van der Waals surface area (Å²) in [5.41, 5.74) is 0.695. The third-order valence-electron chi connectivity index (χ3n) is 3.93. The van der Waals surface area contributed by atoms with Crippen molar-refractivity contribution in [2.45, 2.75) is 32.2 Å². The van der Waals surface area contributed by atoms with Crippen LogP contribution in [-0.2, 0) is 0 Å². The molecule has 2 heterocycles. The zero-order chi connectivity index (χ0) is 15.4. The van der Waals surface area contributed by atoms with Gasteiger partial charge in [0.15, 0.2) is 0 Å². The van der Waals surface area contributed by atoms with E-state index in [2.05, 4.69) is 16.9 Å². The van der Waals surface area contributed by atoms with Crippen molar-refractivity contribution in [3.05, 3.63) is 48.4 Å². The topological polar surface area (TPSA) is 55.3 Å². The number of nitrogens with zero attached hydrogens (tertiary/aromatic N) is 3. The van der Waals surface area contributed by atoms with Gasteiger partial charge in [0, 0.05) is 30.5 Å². The zero-order valence-corrected chi connectivity index (χ0v) is 12.6. The summed E-state index contributed by atoms with van der Waals surface area (Å²) >= 11 is 0. The number of hydrogen-bond donors (Lipinski definition) is 0. The Bertz CT molecular complexity index is 628. The monoisotopic (exact) mass is 297 g/mol. The van der Waals surface area contributed by atoms with E-state index in [4.69, 9.17) is 4.74 Å². The molecule has 1 amide bonds. The van der Waals surface area contributed by atoms with Crippen LogP contribution in [0.3, 0.4) is 0 Å². The molecule has 2 aromatic rings. The van der Waals surface area contributed by atoms with Gasteiger partial charge in [0.1, 0.15) is 5.75 Å².